The van der Waals surface area contributed by atoms with E-state index in [9.17, 15) is 9.59 Å². The van der Waals surface area contributed by atoms with E-state index in [2.05, 4.69) is 10.3 Å². The van der Waals surface area contributed by atoms with Crippen molar-refractivity contribution in [2.75, 3.05) is 4.90 Å². The lowest BCUT2D eigenvalue weighted by Crippen LogP contribution is -2.45. The fourth-order valence-electron chi connectivity index (χ4n) is 3.36. The van der Waals surface area contributed by atoms with E-state index in [-0.39, 0.29) is 18.6 Å². The monoisotopic (exact) mass is 344 g/mol. The highest BCUT2D eigenvalue weighted by Crippen LogP contribution is 2.38. The molecule has 25 heavy (non-hydrogen) atoms. The Kier molecular flexibility index (Phi) is 4.45. The summed E-state index contributed by atoms with van der Waals surface area (Å²) in [7, 11) is 0. The van der Waals surface area contributed by atoms with Crippen molar-refractivity contribution in [2.45, 2.75) is 39.0 Å². The summed E-state index contributed by atoms with van der Waals surface area (Å²) in [4.78, 5) is 29.0. The van der Waals surface area contributed by atoms with Crippen molar-refractivity contribution < 1.29 is 19.8 Å². The molecule has 3 rings (SSSR count). The molecular formula is C17H20N4O4. The Morgan fingerprint density at radius 3 is 2.76 bits per heavy atom. The molecule has 8 heteroatoms. The van der Waals surface area contributed by atoms with Gasteiger partial charge < -0.3 is 25.0 Å². The van der Waals surface area contributed by atoms with Crippen molar-refractivity contribution in [1.82, 2.24) is 14.9 Å². The van der Waals surface area contributed by atoms with Crippen LogP contribution in [0.25, 0.3) is 5.69 Å². The second-order valence-electron chi connectivity index (χ2n) is 6.15. The summed E-state index contributed by atoms with van der Waals surface area (Å²) in [5, 5.41) is 20.8. The summed E-state index contributed by atoms with van der Waals surface area (Å²) in [6.07, 6.45) is 2.68. The van der Waals surface area contributed by atoms with Gasteiger partial charge in [-0.2, -0.15) is 0 Å². The Morgan fingerprint density at radius 2 is 2.16 bits per heavy atom. The van der Waals surface area contributed by atoms with Crippen LogP contribution in [-0.4, -0.2) is 37.8 Å². The predicted octanol–water partition coefficient (Wildman–Crippen LogP) is 1.82. The second-order valence-corrected chi connectivity index (χ2v) is 6.15. The largest absolute Gasteiger partial charge is 0.465 e. The zero-order valence-corrected chi connectivity index (χ0v) is 14.0. The fourth-order valence-corrected chi connectivity index (χ4v) is 3.36. The van der Waals surface area contributed by atoms with Crippen LogP contribution in [-0.2, 0) is 11.4 Å². The van der Waals surface area contributed by atoms with Gasteiger partial charge in [0.05, 0.1) is 24.7 Å². The lowest BCUT2D eigenvalue weighted by atomic mass is 9.91. The number of nitrogens with one attached hydrogen (secondary N) is 1. The first kappa shape index (κ1) is 17.0. The number of rotatable bonds is 3. The van der Waals surface area contributed by atoms with E-state index >= 15 is 0 Å². The molecule has 8 nitrogen and oxygen atoms in total. The number of anilines is 1. The number of imidazole rings is 1. The van der Waals surface area contributed by atoms with Crippen molar-refractivity contribution in [3.63, 3.8) is 0 Å². The van der Waals surface area contributed by atoms with Gasteiger partial charge in [-0.3, -0.25) is 4.79 Å². The van der Waals surface area contributed by atoms with Crippen LogP contribution in [0.2, 0.25) is 0 Å². The second kappa shape index (κ2) is 6.56. The van der Waals surface area contributed by atoms with Crippen LogP contribution in [0, 0.1) is 0 Å². The summed E-state index contributed by atoms with van der Waals surface area (Å²) in [6.45, 7) is 3.25. The smallest absolute Gasteiger partial charge is 0.405 e. The molecule has 0 bridgehead atoms. The maximum absolute atomic E-state index is 12.0. The lowest BCUT2D eigenvalue weighted by Gasteiger charge is -2.39. The van der Waals surface area contributed by atoms with Crippen molar-refractivity contribution in [3.8, 4) is 5.69 Å². The molecule has 1 aliphatic rings. The SMILES string of the molecule is CC(=O)N1c2ccc(-n3cnc(CO)c3)cc2[C@H](NC(=O)O)C[C@@H]1C. The van der Waals surface area contributed by atoms with Crippen molar-refractivity contribution >= 4 is 17.7 Å². The van der Waals surface area contributed by atoms with Gasteiger partial charge in [-0.15, -0.1) is 0 Å². The zero-order valence-electron chi connectivity index (χ0n) is 14.0. The molecule has 0 aliphatic carbocycles. The number of fused-ring (bicyclic) bond motifs is 1. The highest BCUT2D eigenvalue weighted by molar-refractivity contribution is 5.94. The third-order valence-corrected chi connectivity index (χ3v) is 4.40. The van der Waals surface area contributed by atoms with Crippen molar-refractivity contribution in [3.05, 3.63) is 42.0 Å². The minimum Gasteiger partial charge on any atom is -0.465 e. The van der Waals surface area contributed by atoms with Crippen LogP contribution in [0.4, 0.5) is 10.5 Å². The molecule has 0 spiro atoms. The summed E-state index contributed by atoms with van der Waals surface area (Å²) in [5.74, 6) is -0.0829. The van der Waals surface area contributed by atoms with Gasteiger partial charge in [0.15, 0.2) is 0 Å². The number of carboxylic acid groups (broad SMARTS) is 1. The highest BCUT2D eigenvalue weighted by Gasteiger charge is 2.33. The first-order chi connectivity index (χ1) is 11.9. The quantitative estimate of drug-likeness (QED) is 0.787. The van der Waals surface area contributed by atoms with Crippen LogP contribution < -0.4 is 10.2 Å². The number of nitrogens with zero attached hydrogens (tertiary/aromatic N) is 3. The maximum atomic E-state index is 12.0. The van der Waals surface area contributed by atoms with Crippen LogP contribution in [0.15, 0.2) is 30.7 Å². The number of aliphatic hydroxyl groups excluding tert-OH is 1. The first-order valence-corrected chi connectivity index (χ1v) is 7.98. The van der Waals surface area contributed by atoms with Gasteiger partial charge in [-0.1, -0.05) is 0 Å². The Hall–Kier alpha value is -2.87. The third-order valence-electron chi connectivity index (χ3n) is 4.40. The van der Waals surface area contributed by atoms with Crippen molar-refractivity contribution in [2.24, 2.45) is 0 Å². The van der Waals surface area contributed by atoms with E-state index in [1.807, 2.05) is 25.1 Å². The zero-order chi connectivity index (χ0) is 18.1. The topological polar surface area (TPSA) is 108 Å². The van der Waals surface area contributed by atoms with E-state index in [0.717, 1.165) is 11.3 Å². The van der Waals surface area contributed by atoms with Gasteiger partial charge in [-0.25, -0.2) is 9.78 Å². The summed E-state index contributed by atoms with van der Waals surface area (Å²) >= 11 is 0. The molecule has 0 fully saturated rings. The standard InChI is InChI=1S/C17H20N4O4/c1-10-5-15(19-17(24)25)14-6-13(20-7-12(8-22)18-9-20)3-4-16(14)21(10)11(2)23/h3-4,6-7,9-10,15,19,22H,5,8H2,1-2H3,(H,24,25)/t10-,15+/m0/s1. The number of hydrogen-bond acceptors (Lipinski definition) is 4. The number of hydrogen-bond donors (Lipinski definition) is 3. The minimum atomic E-state index is -1.10. The van der Waals surface area contributed by atoms with Gasteiger partial charge in [0.2, 0.25) is 5.91 Å². The van der Waals surface area contributed by atoms with Gasteiger partial charge >= 0.3 is 6.09 Å². The van der Waals surface area contributed by atoms with Gasteiger partial charge in [0, 0.05) is 36.1 Å². The Labute approximate surface area is 144 Å². The average molecular weight is 344 g/mol. The normalized spacial score (nSPS) is 19.4. The maximum Gasteiger partial charge on any atom is 0.405 e. The number of carbonyl (C=O) groups is 2. The van der Waals surface area contributed by atoms with Crippen LogP contribution in [0.1, 0.15) is 37.6 Å². The van der Waals surface area contributed by atoms with E-state index in [1.165, 1.54) is 6.92 Å². The van der Waals surface area contributed by atoms with Gasteiger partial charge in [0.25, 0.3) is 0 Å². The molecule has 2 atom stereocenters. The number of amides is 2. The van der Waals surface area contributed by atoms with E-state index < -0.39 is 12.1 Å². The number of aliphatic hydroxyl groups is 1. The number of carbonyl (C=O) groups excluding carboxylic acids is 1. The van der Waals surface area contributed by atoms with E-state index in [0.29, 0.717) is 17.8 Å². The molecule has 2 amide bonds. The van der Waals surface area contributed by atoms with Gasteiger partial charge in [-0.05, 0) is 31.5 Å². The Balaban J connectivity index is 2.08. The summed E-state index contributed by atoms with van der Waals surface area (Å²) in [5.41, 5.74) is 2.77. The predicted molar refractivity (Wildman–Crippen MR) is 90.6 cm³/mol. The molecule has 132 valence electrons. The van der Waals surface area contributed by atoms with E-state index in [4.69, 9.17) is 10.2 Å². The third kappa shape index (κ3) is 3.20. The van der Waals surface area contributed by atoms with Crippen LogP contribution in [0.5, 0.6) is 0 Å². The van der Waals surface area contributed by atoms with Gasteiger partial charge in [0.1, 0.15) is 0 Å². The molecule has 0 saturated heterocycles. The fraction of sp³-hybridized carbons (Fsp3) is 0.353. The van der Waals surface area contributed by atoms with Crippen molar-refractivity contribution in [1.29, 1.82) is 0 Å². The molecule has 0 saturated carbocycles. The highest BCUT2D eigenvalue weighted by atomic mass is 16.4. The minimum absolute atomic E-state index is 0.0829. The molecule has 1 aromatic heterocycles. The molecule has 0 radical (unpaired) electrons. The molecule has 2 heterocycles. The molecule has 1 aromatic carbocycles. The number of benzene rings is 1. The van der Waals surface area contributed by atoms with Crippen LogP contribution in [0.3, 0.4) is 0 Å². The molecule has 0 unspecified atom stereocenters. The van der Waals surface area contributed by atoms with E-state index in [1.54, 1.807) is 22.0 Å². The summed E-state index contributed by atoms with van der Waals surface area (Å²) < 4.78 is 1.75. The first-order valence-electron chi connectivity index (χ1n) is 7.98. The Morgan fingerprint density at radius 1 is 1.40 bits per heavy atom. The lowest BCUT2D eigenvalue weighted by molar-refractivity contribution is -0.117. The Bertz CT molecular complexity index is 817. The number of aromatic nitrogens is 2. The molecule has 1 aliphatic heterocycles. The summed E-state index contributed by atoms with van der Waals surface area (Å²) in [6, 6.07) is 4.99. The average Bonchev–Trinajstić information content (AvgIpc) is 3.02. The molecule has 2 aromatic rings. The molecular weight excluding hydrogens is 324 g/mol. The molecule has 3 N–H and O–H groups in total. The van der Waals surface area contributed by atoms with Crippen LogP contribution >= 0.6 is 0 Å².